The second-order valence-corrected chi connectivity index (χ2v) is 7.30. The Morgan fingerprint density at radius 3 is 1.55 bits per heavy atom. The lowest BCUT2D eigenvalue weighted by Crippen LogP contribution is -2.32. The molecule has 1 aromatic rings. The van der Waals surface area contributed by atoms with Crippen molar-refractivity contribution in [3.05, 3.63) is 21.8 Å². The van der Waals surface area contributed by atoms with Gasteiger partial charge in [-0.25, -0.2) is 0 Å². The van der Waals surface area contributed by atoms with Crippen LogP contribution in [-0.2, 0) is 0 Å². The van der Waals surface area contributed by atoms with Crippen molar-refractivity contribution < 1.29 is 19.8 Å². The van der Waals surface area contributed by atoms with Gasteiger partial charge in [-0.2, -0.15) is 0 Å². The van der Waals surface area contributed by atoms with Crippen molar-refractivity contribution in [2.75, 3.05) is 32.0 Å². The molecule has 0 aromatic heterocycles. The van der Waals surface area contributed by atoms with Crippen LogP contribution in [0.2, 0.25) is 0 Å². The van der Waals surface area contributed by atoms with Crippen LogP contribution in [-0.4, -0.2) is 48.3 Å². The Morgan fingerprint density at radius 1 is 0.864 bits per heavy atom. The minimum absolute atomic E-state index is 0.114. The SMILES string of the molecule is Nc1c(I)c(C(=O)NCCO)c(I)c(C(=O)NCCO)c1I. The fourth-order valence-corrected chi connectivity index (χ4v) is 5.74. The standard InChI is InChI=1S/C12H14I3N3O4/c13-7-5(11(21)17-1-3-19)8(14)10(16)9(15)6(7)12(22)18-2-4-20/h19-20H,1-4,16H2,(H,17,21)(H,18,22). The molecular weight excluding hydrogens is 631 g/mol. The molecular formula is C12H14I3N3O4. The fourth-order valence-electron chi connectivity index (χ4n) is 1.60. The predicted octanol–water partition coefficient (Wildman–Crippen LogP) is 0.527. The van der Waals surface area contributed by atoms with Gasteiger partial charge < -0.3 is 26.6 Å². The first kappa shape index (κ1) is 20.1. The first-order chi connectivity index (χ1) is 10.4. The first-order valence-corrected chi connectivity index (χ1v) is 9.34. The molecule has 0 aliphatic carbocycles. The number of anilines is 1. The number of nitrogens with one attached hydrogen (secondary N) is 2. The number of rotatable bonds is 6. The van der Waals surface area contributed by atoms with Crippen LogP contribution in [0.4, 0.5) is 5.69 Å². The van der Waals surface area contributed by atoms with Gasteiger partial charge in [-0.1, -0.05) is 0 Å². The van der Waals surface area contributed by atoms with Gasteiger partial charge in [0.1, 0.15) is 0 Å². The van der Waals surface area contributed by atoms with Crippen molar-refractivity contribution >= 4 is 85.3 Å². The van der Waals surface area contributed by atoms with Gasteiger partial charge >= 0.3 is 0 Å². The summed E-state index contributed by atoms with van der Waals surface area (Å²) >= 11 is 5.86. The molecule has 0 fully saturated rings. The largest absolute Gasteiger partial charge is 0.397 e. The highest BCUT2D eigenvalue weighted by Gasteiger charge is 2.26. The van der Waals surface area contributed by atoms with Crippen molar-refractivity contribution in [3.63, 3.8) is 0 Å². The molecule has 1 rings (SSSR count). The van der Waals surface area contributed by atoms with Gasteiger partial charge in [0.05, 0.1) is 37.2 Å². The summed E-state index contributed by atoms with van der Waals surface area (Å²) in [5.41, 5.74) is 6.97. The van der Waals surface area contributed by atoms with E-state index >= 15 is 0 Å². The van der Waals surface area contributed by atoms with E-state index in [1.54, 1.807) is 0 Å². The maximum absolute atomic E-state index is 12.2. The van der Waals surface area contributed by atoms with Gasteiger partial charge in [0.25, 0.3) is 11.8 Å². The van der Waals surface area contributed by atoms with E-state index in [9.17, 15) is 9.59 Å². The second kappa shape index (κ2) is 9.39. The summed E-state index contributed by atoms with van der Waals surface area (Å²) in [6, 6.07) is 0. The molecule has 22 heavy (non-hydrogen) atoms. The summed E-state index contributed by atoms with van der Waals surface area (Å²) in [7, 11) is 0. The normalized spacial score (nSPS) is 10.4. The lowest BCUT2D eigenvalue weighted by Gasteiger charge is -2.16. The van der Waals surface area contributed by atoms with Crippen molar-refractivity contribution in [2.24, 2.45) is 0 Å². The number of carbonyl (C=O) groups is 2. The lowest BCUT2D eigenvalue weighted by atomic mass is 10.1. The smallest absolute Gasteiger partial charge is 0.253 e. The predicted molar refractivity (Wildman–Crippen MR) is 108 cm³/mol. The summed E-state index contributed by atoms with van der Waals surface area (Å²) < 4.78 is 1.59. The van der Waals surface area contributed by atoms with E-state index in [4.69, 9.17) is 15.9 Å². The monoisotopic (exact) mass is 645 g/mol. The molecule has 0 saturated carbocycles. The van der Waals surface area contributed by atoms with Crippen molar-refractivity contribution in [1.29, 1.82) is 0 Å². The minimum Gasteiger partial charge on any atom is -0.397 e. The Kier molecular flexibility index (Phi) is 8.58. The molecule has 0 saturated heterocycles. The van der Waals surface area contributed by atoms with Gasteiger partial charge in [-0.05, 0) is 67.8 Å². The Morgan fingerprint density at radius 2 is 1.23 bits per heavy atom. The molecule has 6 N–H and O–H groups in total. The number of aliphatic hydroxyl groups is 2. The van der Waals surface area contributed by atoms with Crippen LogP contribution in [0.1, 0.15) is 20.7 Å². The van der Waals surface area contributed by atoms with E-state index in [2.05, 4.69) is 10.6 Å². The molecule has 0 aliphatic heterocycles. The zero-order valence-corrected chi connectivity index (χ0v) is 17.7. The molecule has 0 heterocycles. The Labute approximate surface area is 168 Å². The molecule has 10 heteroatoms. The molecule has 0 unspecified atom stereocenters. The van der Waals surface area contributed by atoms with Crippen LogP contribution in [0.15, 0.2) is 0 Å². The summed E-state index contributed by atoms with van der Waals surface area (Å²) in [4.78, 5) is 24.5. The molecule has 1 aromatic carbocycles. The van der Waals surface area contributed by atoms with Gasteiger partial charge in [0.2, 0.25) is 0 Å². The Bertz CT molecular complexity index is 548. The van der Waals surface area contributed by atoms with Crippen LogP contribution in [0.3, 0.4) is 0 Å². The first-order valence-electron chi connectivity index (χ1n) is 6.10. The van der Waals surface area contributed by atoms with E-state index in [1.807, 2.05) is 67.8 Å². The number of hydrogen-bond donors (Lipinski definition) is 5. The Balaban J connectivity index is 3.37. The number of nitrogens with two attached hydrogens (primary N) is 1. The number of carbonyl (C=O) groups excluding carboxylic acids is 2. The molecule has 122 valence electrons. The number of hydrogen-bond acceptors (Lipinski definition) is 5. The van der Waals surface area contributed by atoms with Gasteiger partial charge in [0.15, 0.2) is 0 Å². The third kappa shape index (κ3) is 4.55. The number of aliphatic hydroxyl groups excluding tert-OH is 2. The molecule has 0 spiro atoms. The van der Waals surface area contributed by atoms with Crippen molar-refractivity contribution in [3.8, 4) is 0 Å². The van der Waals surface area contributed by atoms with Crippen molar-refractivity contribution in [2.45, 2.75) is 0 Å². The number of nitrogen functional groups attached to an aromatic ring is 1. The molecule has 0 bridgehead atoms. The maximum Gasteiger partial charge on any atom is 0.253 e. The average Bonchev–Trinajstić information content (AvgIpc) is 2.48. The lowest BCUT2D eigenvalue weighted by molar-refractivity contribution is 0.0942. The second-order valence-electron chi connectivity index (χ2n) is 4.06. The summed E-state index contributed by atoms with van der Waals surface area (Å²) in [5, 5.41) is 22.7. The minimum atomic E-state index is -0.401. The highest BCUT2D eigenvalue weighted by atomic mass is 127. The Hall–Kier alpha value is 0.0700. The number of halogens is 3. The highest BCUT2D eigenvalue weighted by Crippen LogP contribution is 2.33. The van der Waals surface area contributed by atoms with Crippen LogP contribution in [0.25, 0.3) is 0 Å². The number of benzene rings is 1. The molecule has 0 aliphatic rings. The summed E-state index contributed by atoms with van der Waals surface area (Å²) in [6.07, 6.45) is 0. The number of amides is 2. The van der Waals surface area contributed by atoms with E-state index in [1.165, 1.54) is 0 Å². The van der Waals surface area contributed by atoms with Gasteiger partial charge in [-0.15, -0.1) is 0 Å². The maximum atomic E-state index is 12.2. The average molecular weight is 645 g/mol. The highest BCUT2D eigenvalue weighted by molar-refractivity contribution is 14.1. The van der Waals surface area contributed by atoms with Gasteiger partial charge in [-0.3, -0.25) is 9.59 Å². The molecule has 7 nitrogen and oxygen atoms in total. The molecule has 0 radical (unpaired) electrons. The third-order valence-electron chi connectivity index (χ3n) is 2.60. The van der Waals surface area contributed by atoms with Gasteiger partial charge in [0, 0.05) is 16.7 Å². The zero-order chi connectivity index (χ0) is 16.9. The van der Waals surface area contributed by atoms with E-state index in [0.29, 0.717) is 27.5 Å². The van der Waals surface area contributed by atoms with Crippen LogP contribution in [0.5, 0.6) is 0 Å². The summed E-state index contributed by atoms with van der Waals surface area (Å²) in [5.74, 6) is -0.802. The van der Waals surface area contributed by atoms with Crippen LogP contribution < -0.4 is 16.4 Å². The van der Waals surface area contributed by atoms with Crippen LogP contribution >= 0.6 is 67.8 Å². The summed E-state index contributed by atoms with van der Waals surface area (Å²) in [6.45, 7) is -0.128. The third-order valence-corrected chi connectivity index (χ3v) is 5.92. The van der Waals surface area contributed by atoms with E-state index in [0.717, 1.165) is 0 Å². The van der Waals surface area contributed by atoms with Crippen LogP contribution in [0, 0.1) is 10.7 Å². The van der Waals surface area contributed by atoms with E-state index < -0.39 is 11.8 Å². The van der Waals surface area contributed by atoms with Crippen molar-refractivity contribution in [1.82, 2.24) is 10.6 Å². The fraction of sp³-hybridized carbons (Fsp3) is 0.333. The topological polar surface area (TPSA) is 125 Å². The van der Waals surface area contributed by atoms with E-state index in [-0.39, 0.29) is 26.3 Å². The molecule has 2 amide bonds. The quantitative estimate of drug-likeness (QED) is 0.228. The molecule has 0 atom stereocenters. The zero-order valence-electron chi connectivity index (χ0n) is 11.3.